The number of alkyl carbamates (subject to hydrolysis) is 1. The summed E-state index contributed by atoms with van der Waals surface area (Å²) in [6, 6.07) is 11.8. The monoisotopic (exact) mass is 344 g/mol. The van der Waals surface area contributed by atoms with Crippen molar-refractivity contribution in [1.29, 1.82) is 0 Å². The number of hydrogen-bond donors (Lipinski definition) is 1. The van der Waals surface area contributed by atoms with Crippen LogP contribution in [0.5, 0.6) is 5.88 Å². The van der Waals surface area contributed by atoms with E-state index in [1.54, 1.807) is 18.3 Å². The van der Waals surface area contributed by atoms with Gasteiger partial charge in [-0.05, 0) is 11.1 Å². The maximum Gasteiger partial charge on any atom is 0.408 e. The maximum atomic E-state index is 12.0. The van der Waals surface area contributed by atoms with Crippen LogP contribution in [0.25, 0.3) is 0 Å². The fourth-order valence-electron chi connectivity index (χ4n) is 2.13. The van der Waals surface area contributed by atoms with Gasteiger partial charge >= 0.3 is 12.1 Å². The van der Waals surface area contributed by atoms with Crippen LogP contribution in [0, 0.1) is 0 Å². The zero-order valence-corrected chi connectivity index (χ0v) is 14.1. The number of carbonyl (C=O) groups excluding carboxylic acids is 2. The zero-order chi connectivity index (χ0) is 18.1. The smallest absolute Gasteiger partial charge is 0.408 e. The van der Waals surface area contributed by atoms with Gasteiger partial charge in [0.2, 0.25) is 5.88 Å². The summed E-state index contributed by atoms with van der Waals surface area (Å²) in [6.45, 7) is 0.116. The van der Waals surface area contributed by atoms with Gasteiger partial charge < -0.3 is 19.5 Å². The number of rotatable bonds is 7. The lowest BCUT2D eigenvalue weighted by Gasteiger charge is -2.16. The molecule has 0 aliphatic heterocycles. The lowest BCUT2D eigenvalue weighted by atomic mass is 10.1. The van der Waals surface area contributed by atoms with Gasteiger partial charge in [0.05, 0.1) is 14.2 Å². The number of carbonyl (C=O) groups is 2. The molecule has 2 aromatic rings. The summed E-state index contributed by atoms with van der Waals surface area (Å²) < 4.78 is 14.9. The number of nitrogens with one attached hydrogen (secondary N) is 1. The number of ether oxygens (including phenoxy) is 3. The molecule has 0 fully saturated rings. The molecule has 132 valence electrons. The van der Waals surface area contributed by atoms with E-state index in [0.29, 0.717) is 5.88 Å². The van der Waals surface area contributed by atoms with E-state index in [1.165, 1.54) is 14.2 Å². The summed E-state index contributed by atoms with van der Waals surface area (Å²) >= 11 is 0. The molecule has 1 aromatic heterocycles. The fourth-order valence-corrected chi connectivity index (χ4v) is 2.13. The second-order valence-electron chi connectivity index (χ2n) is 5.19. The minimum Gasteiger partial charge on any atom is -0.481 e. The molecule has 1 heterocycles. The Balaban J connectivity index is 1.94. The topological polar surface area (TPSA) is 86.8 Å². The molecule has 1 unspecified atom stereocenters. The van der Waals surface area contributed by atoms with Crippen LogP contribution < -0.4 is 10.1 Å². The lowest BCUT2D eigenvalue weighted by Crippen LogP contribution is -2.43. The van der Waals surface area contributed by atoms with Gasteiger partial charge in [-0.1, -0.05) is 36.4 Å². The summed E-state index contributed by atoms with van der Waals surface area (Å²) in [6.07, 6.45) is 1.11. The number of esters is 1. The fraction of sp³-hybridized carbons (Fsp3) is 0.278. The Morgan fingerprint density at radius 2 is 1.84 bits per heavy atom. The summed E-state index contributed by atoms with van der Waals surface area (Å²) in [4.78, 5) is 27.9. The van der Waals surface area contributed by atoms with Gasteiger partial charge in [-0.3, -0.25) is 0 Å². The van der Waals surface area contributed by atoms with Gasteiger partial charge in [0.25, 0.3) is 0 Å². The predicted molar refractivity (Wildman–Crippen MR) is 90.1 cm³/mol. The van der Waals surface area contributed by atoms with Crippen molar-refractivity contribution in [3.05, 3.63) is 59.8 Å². The highest BCUT2D eigenvalue weighted by molar-refractivity contribution is 5.81. The highest BCUT2D eigenvalue weighted by Crippen LogP contribution is 2.10. The van der Waals surface area contributed by atoms with Crippen LogP contribution in [0.2, 0.25) is 0 Å². The first kappa shape index (κ1) is 18.3. The summed E-state index contributed by atoms with van der Waals surface area (Å²) in [5.74, 6) is -0.0962. The second-order valence-corrected chi connectivity index (χ2v) is 5.19. The van der Waals surface area contributed by atoms with Gasteiger partial charge in [-0.15, -0.1) is 0 Å². The molecule has 7 nitrogen and oxygen atoms in total. The number of nitrogens with zero attached hydrogens (tertiary/aromatic N) is 1. The number of amides is 1. The number of pyridine rings is 1. The van der Waals surface area contributed by atoms with Crippen molar-refractivity contribution in [3.8, 4) is 5.88 Å². The molecule has 1 amide bonds. The largest absolute Gasteiger partial charge is 0.481 e. The van der Waals surface area contributed by atoms with Crippen LogP contribution in [-0.2, 0) is 27.3 Å². The van der Waals surface area contributed by atoms with Crippen LogP contribution in [0.3, 0.4) is 0 Å². The van der Waals surface area contributed by atoms with Crippen LogP contribution in [-0.4, -0.2) is 37.3 Å². The molecule has 0 saturated carbocycles. The van der Waals surface area contributed by atoms with Crippen LogP contribution in [0.4, 0.5) is 4.79 Å². The van der Waals surface area contributed by atoms with Gasteiger partial charge in [0, 0.05) is 18.7 Å². The Kier molecular flexibility index (Phi) is 6.76. The van der Waals surface area contributed by atoms with E-state index in [0.717, 1.165) is 11.1 Å². The first-order chi connectivity index (χ1) is 12.1. The number of methoxy groups -OCH3 is 2. The molecule has 0 radical (unpaired) electrons. The van der Waals surface area contributed by atoms with Crippen LogP contribution >= 0.6 is 0 Å². The van der Waals surface area contributed by atoms with Crippen molar-refractivity contribution >= 4 is 12.1 Å². The Labute approximate surface area is 145 Å². The van der Waals surface area contributed by atoms with E-state index in [1.807, 2.05) is 30.3 Å². The van der Waals surface area contributed by atoms with Crippen molar-refractivity contribution in [3.63, 3.8) is 0 Å². The first-order valence-corrected chi connectivity index (χ1v) is 7.66. The minimum absolute atomic E-state index is 0.116. The van der Waals surface area contributed by atoms with Crippen molar-refractivity contribution in [2.24, 2.45) is 0 Å². The highest BCUT2D eigenvalue weighted by Gasteiger charge is 2.23. The minimum atomic E-state index is -0.872. The molecule has 1 aromatic carbocycles. The Bertz CT molecular complexity index is 688. The molecule has 7 heteroatoms. The van der Waals surface area contributed by atoms with Gasteiger partial charge in [-0.2, -0.15) is 0 Å². The van der Waals surface area contributed by atoms with E-state index in [9.17, 15) is 9.59 Å². The number of hydrogen-bond acceptors (Lipinski definition) is 6. The van der Waals surface area contributed by atoms with Crippen molar-refractivity contribution in [1.82, 2.24) is 10.3 Å². The molecule has 0 spiro atoms. The van der Waals surface area contributed by atoms with Crippen LogP contribution in [0.15, 0.2) is 48.7 Å². The van der Waals surface area contributed by atoms with E-state index in [-0.39, 0.29) is 13.0 Å². The average Bonchev–Trinajstić information content (AvgIpc) is 2.66. The molecule has 1 N–H and O–H groups in total. The number of benzene rings is 1. The van der Waals surface area contributed by atoms with Gasteiger partial charge in [0.15, 0.2) is 0 Å². The third-order valence-corrected chi connectivity index (χ3v) is 3.44. The maximum absolute atomic E-state index is 12.0. The zero-order valence-electron chi connectivity index (χ0n) is 14.1. The molecular weight excluding hydrogens is 324 g/mol. The number of aromatic nitrogens is 1. The van der Waals surface area contributed by atoms with Crippen molar-refractivity contribution in [2.45, 2.75) is 19.1 Å². The average molecular weight is 344 g/mol. The summed E-state index contributed by atoms with van der Waals surface area (Å²) in [5, 5.41) is 2.52. The molecule has 0 aliphatic carbocycles. The molecule has 0 bridgehead atoms. The van der Waals surface area contributed by atoms with Gasteiger partial charge in [0.1, 0.15) is 12.6 Å². The quantitative estimate of drug-likeness (QED) is 0.774. The van der Waals surface area contributed by atoms with E-state index < -0.39 is 18.1 Å². The molecule has 2 rings (SSSR count). The SMILES string of the molecule is COC(=O)C(Cc1ccc(OC)nc1)NC(=O)OCc1ccccc1. The predicted octanol–water partition coefficient (Wildman–Crippen LogP) is 2.10. The first-order valence-electron chi connectivity index (χ1n) is 7.66. The van der Waals surface area contributed by atoms with E-state index in [4.69, 9.17) is 14.2 Å². The normalized spacial score (nSPS) is 11.3. The van der Waals surface area contributed by atoms with E-state index in [2.05, 4.69) is 10.3 Å². The summed E-state index contributed by atoms with van der Waals surface area (Å²) in [7, 11) is 2.78. The van der Waals surface area contributed by atoms with Crippen LogP contribution in [0.1, 0.15) is 11.1 Å². The Morgan fingerprint density at radius 3 is 2.44 bits per heavy atom. The molecule has 1 atom stereocenters. The Hall–Kier alpha value is -3.09. The molecular formula is C18H20N2O5. The van der Waals surface area contributed by atoms with Gasteiger partial charge in [-0.25, -0.2) is 14.6 Å². The Morgan fingerprint density at radius 1 is 1.08 bits per heavy atom. The molecule has 0 saturated heterocycles. The van der Waals surface area contributed by atoms with E-state index >= 15 is 0 Å². The third-order valence-electron chi connectivity index (χ3n) is 3.44. The standard InChI is InChI=1S/C18H20N2O5/c1-23-16-9-8-14(11-19-16)10-15(17(21)24-2)20-18(22)25-12-13-6-4-3-5-7-13/h3-9,11,15H,10,12H2,1-2H3,(H,20,22). The molecule has 25 heavy (non-hydrogen) atoms. The summed E-state index contributed by atoms with van der Waals surface area (Å²) in [5.41, 5.74) is 1.60. The van der Waals surface area contributed by atoms with Crippen molar-refractivity contribution in [2.75, 3.05) is 14.2 Å². The lowest BCUT2D eigenvalue weighted by molar-refractivity contribution is -0.143. The highest BCUT2D eigenvalue weighted by atomic mass is 16.6. The second kappa shape index (κ2) is 9.27. The third kappa shape index (κ3) is 5.80. The van der Waals surface area contributed by atoms with Crippen molar-refractivity contribution < 1.29 is 23.8 Å². The molecule has 0 aliphatic rings.